The van der Waals surface area contributed by atoms with Crippen LogP contribution in [0, 0.1) is 11.7 Å². The first-order valence-electron chi connectivity index (χ1n) is 7.93. The van der Waals surface area contributed by atoms with Crippen LogP contribution in [-0.4, -0.2) is 41.5 Å². The highest BCUT2D eigenvalue weighted by atomic mass is 19.1. The van der Waals surface area contributed by atoms with Gasteiger partial charge in [0.25, 0.3) is 0 Å². The van der Waals surface area contributed by atoms with Crippen molar-refractivity contribution in [1.29, 1.82) is 0 Å². The SMILES string of the molecule is CN(CC1CCCCC1O)C(=O)C(=O)NCc1ccc(F)cc1. The van der Waals surface area contributed by atoms with Crippen molar-refractivity contribution in [2.45, 2.75) is 38.3 Å². The summed E-state index contributed by atoms with van der Waals surface area (Å²) in [5, 5.41) is 12.5. The van der Waals surface area contributed by atoms with Gasteiger partial charge in [0.15, 0.2) is 0 Å². The number of benzene rings is 1. The van der Waals surface area contributed by atoms with Crippen LogP contribution in [0.15, 0.2) is 24.3 Å². The van der Waals surface area contributed by atoms with Crippen LogP contribution in [0.2, 0.25) is 0 Å². The van der Waals surface area contributed by atoms with Crippen LogP contribution < -0.4 is 5.32 Å². The van der Waals surface area contributed by atoms with E-state index in [9.17, 15) is 19.1 Å². The molecule has 2 N–H and O–H groups in total. The summed E-state index contributed by atoms with van der Waals surface area (Å²) < 4.78 is 12.8. The second-order valence-electron chi connectivity index (χ2n) is 6.11. The summed E-state index contributed by atoms with van der Waals surface area (Å²) in [7, 11) is 1.57. The highest BCUT2D eigenvalue weighted by Crippen LogP contribution is 2.24. The highest BCUT2D eigenvalue weighted by Gasteiger charge is 2.27. The number of amides is 2. The molecule has 0 saturated heterocycles. The number of hydrogen-bond donors (Lipinski definition) is 2. The summed E-state index contributed by atoms with van der Waals surface area (Å²) in [6.07, 6.45) is 3.27. The first-order chi connectivity index (χ1) is 11.0. The van der Waals surface area contributed by atoms with Gasteiger partial charge in [0.05, 0.1) is 6.10 Å². The van der Waals surface area contributed by atoms with Crippen LogP contribution >= 0.6 is 0 Å². The average molecular weight is 322 g/mol. The van der Waals surface area contributed by atoms with Gasteiger partial charge in [0.2, 0.25) is 0 Å². The van der Waals surface area contributed by atoms with Gasteiger partial charge in [-0.25, -0.2) is 4.39 Å². The van der Waals surface area contributed by atoms with Crippen molar-refractivity contribution in [3.05, 3.63) is 35.6 Å². The van der Waals surface area contributed by atoms with Gasteiger partial charge in [-0.2, -0.15) is 0 Å². The molecule has 1 aromatic rings. The van der Waals surface area contributed by atoms with Crippen molar-refractivity contribution in [2.75, 3.05) is 13.6 Å². The maximum atomic E-state index is 12.8. The van der Waals surface area contributed by atoms with Gasteiger partial charge >= 0.3 is 11.8 Å². The fourth-order valence-electron chi connectivity index (χ4n) is 2.87. The van der Waals surface area contributed by atoms with E-state index < -0.39 is 17.9 Å². The maximum Gasteiger partial charge on any atom is 0.311 e. The molecule has 0 aromatic heterocycles. The largest absolute Gasteiger partial charge is 0.393 e. The maximum absolute atomic E-state index is 12.8. The number of nitrogens with one attached hydrogen (secondary N) is 1. The minimum absolute atomic E-state index is 0.0302. The Labute approximate surface area is 135 Å². The number of likely N-dealkylation sites (N-methyl/N-ethyl adjacent to an activating group) is 1. The third-order valence-corrected chi connectivity index (χ3v) is 4.28. The van der Waals surface area contributed by atoms with Gasteiger partial charge in [0.1, 0.15) is 5.82 Å². The number of carbonyl (C=O) groups excluding carboxylic acids is 2. The second-order valence-corrected chi connectivity index (χ2v) is 6.11. The Bertz CT molecular complexity index is 547. The van der Waals surface area contributed by atoms with Gasteiger partial charge < -0.3 is 15.3 Å². The number of aliphatic hydroxyl groups is 1. The van der Waals surface area contributed by atoms with Crippen LogP contribution in [-0.2, 0) is 16.1 Å². The standard InChI is InChI=1S/C17H23FN2O3/c1-20(11-13-4-2-3-5-15(13)21)17(23)16(22)19-10-12-6-8-14(18)9-7-12/h6-9,13,15,21H,2-5,10-11H2,1H3,(H,19,22). The normalized spacial score (nSPS) is 20.8. The average Bonchev–Trinajstić information content (AvgIpc) is 2.55. The summed E-state index contributed by atoms with van der Waals surface area (Å²) in [4.78, 5) is 25.3. The number of hydrogen-bond acceptors (Lipinski definition) is 3. The zero-order chi connectivity index (χ0) is 16.8. The highest BCUT2D eigenvalue weighted by molar-refractivity contribution is 6.34. The molecule has 1 aliphatic carbocycles. The molecule has 23 heavy (non-hydrogen) atoms. The Hall–Kier alpha value is -1.95. The molecule has 0 radical (unpaired) electrons. The van der Waals surface area contributed by atoms with E-state index in [0.29, 0.717) is 6.54 Å². The van der Waals surface area contributed by atoms with Crippen molar-refractivity contribution in [3.8, 4) is 0 Å². The summed E-state index contributed by atoms with van der Waals surface area (Å²) in [5.41, 5.74) is 0.720. The molecule has 0 bridgehead atoms. The summed E-state index contributed by atoms with van der Waals surface area (Å²) in [6.45, 7) is 0.550. The summed E-state index contributed by atoms with van der Waals surface area (Å²) in [5.74, 6) is -1.63. The molecule has 2 unspecified atom stereocenters. The van der Waals surface area contributed by atoms with Gasteiger partial charge in [-0.1, -0.05) is 25.0 Å². The molecular weight excluding hydrogens is 299 g/mol. The number of halogens is 1. The van der Waals surface area contributed by atoms with Crippen molar-refractivity contribution in [2.24, 2.45) is 5.92 Å². The third kappa shape index (κ3) is 5.03. The molecule has 2 rings (SSSR count). The Morgan fingerprint density at radius 3 is 2.57 bits per heavy atom. The molecule has 6 heteroatoms. The predicted molar refractivity (Wildman–Crippen MR) is 83.8 cm³/mol. The Morgan fingerprint density at radius 2 is 1.91 bits per heavy atom. The van der Waals surface area contributed by atoms with E-state index in [0.717, 1.165) is 31.2 Å². The molecule has 1 saturated carbocycles. The first kappa shape index (κ1) is 17.4. The molecule has 5 nitrogen and oxygen atoms in total. The van der Waals surface area contributed by atoms with Gasteiger partial charge in [-0.15, -0.1) is 0 Å². The molecule has 0 spiro atoms. The molecule has 1 fully saturated rings. The lowest BCUT2D eigenvalue weighted by atomic mass is 9.86. The zero-order valence-corrected chi connectivity index (χ0v) is 13.3. The molecule has 126 valence electrons. The van der Waals surface area contributed by atoms with Crippen molar-refractivity contribution in [3.63, 3.8) is 0 Å². The van der Waals surface area contributed by atoms with E-state index in [4.69, 9.17) is 0 Å². The number of rotatable bonds is 4. The summed E-state index contributed by atoms with van der Waals surface area (Å²) >= 11 is 0. The lowest BCUT2D eigenvalue weighted by Crippen LogP contribution is -2.44. The van der Waals surface area contributed by atoms with E-state index in [2.05, 4.69) is 5.32 Å². The fourth-order valence-corrected chi connectivity index (χ4v) is 2.87. The number of carbonyl (C=O) groups is 2. The van der Waals surface area contributed by atoms with Crippen molar-refractivity contribution < 1.29 is 19.1 Å². The van der Waals surface area contributed by atoms with Crippen LogP contribution in [0.1, 0.15) is 31.2 Å². The Kier molecular flexibility index (Phi) is 6.10. The minimum Gasteiger partial charge on any atom is -0.393 e. The molecule has 0 aliphatic heterocycles. The Morgan fingerprint density at radius 1 is 1.26 bits per heavy atom. The quantitative estimate of drug-likeness (QED) is 0.825. The number of aliphatic hydroxyl groups excluding tert-OH is 1. The van der Waals surface area contributed by atoms with Crippen LogP contribution in [0.5, 0.6) is 0 Å². The lowest BCUT2D eigenvalue weighted by Gasteiger charge is -2.30. The lowest BCUT2D eigenvalue weighted by molar-refractivity contribution is -0.145. The molecule has 1 aliphatic rings. The van der Waals surface area contributed by atoms with Crippen molar-refractivity contribution in [1.82, 2.24) is 10.2 Å². The summed E-state index contributed by atoms with van der Waals surface area (Å²) in [6, 6.07) is 5.73. The third-order valence-electron chi connectivity index (χ3n) is 4.28. The number of nitrogens with zero attached hydrogens (tertiary/aromatic N) is 1. The van der Waals surface area contributed by atoms with Gasteiger partial charge in [-0.3, -0.25) is 9.59 Å². The Balaban J connectivity index is 1.81. The molecule has 2 amide bonds. The fraction of sp³-hybridized carbons (Fsp3) is 0.529. The van der Waals surface area contributed by atoms with Crippen LogP contribution in [0.25, 0.3) is 0 Å². The van der Waals surface area contributed by atoms with Crippen LogP contribution in [0.3, 0.4) is 0 Å². The van der Waals surface area contributed by atoms with Crippen molar-refractivity contribution >= 4 is 11.8 Å². The van der Waals surface area contributed by atoms with E-state index in [-0.39, 0.29) is 18.3 Å². The van der Waals surface area contributed by atoms with E-state index >= 15 is 0 Å². The van der Waals surface area contributed by atoms with E-state index in [1.807, 2.05) is 0 Å². The van der Waals surface area contributed by atoms with E-state index in [1.54, 1.807) is 19.2 Å². The zero-order valence-electron chi connectivity index (χ0n) is 13.3. The molecule has 0 heterocycles. The minimum atomic E-state index is -0.692. The predicted octanol–water partition coefficient (Wildman–Crippen LogP) is 1.45. The molecule has 2 atom stereocenters. The van der Waals surface area contributed by atoms with Gasteiger partial charge in [-0.05, 0) is 30.5 Å². The van der Waals surface area contributed by atoms with Crippen LogP contribution in [0.4, 0.5) is 4.39 Å². The smallest absolute Gasteiger partial charge is 0.311 e. The monoisotopic (exact) mass is 322 g/mol. The first-order valence-corrected chi connectivity index (χ1v) is 7.93. The topological polar surface area (TPSA) is 69.6 Å². The molecular formula is C17H23FN2O3. The van der Waals surface area contributed by atoms with Gasteiger partial charge in [0, 0.05) is 26.1 Å². The van der Waals surface area contributed by atoms with E-state index in [1.165, 1.54) is 17.0 Å². The molecule has 1 aromatic carbocycles. The second kappa shape index (κ2) is 8.06.